The Morgan fingerprint density at radius 2 is 1.68 bits per heavy atom. The van der Waals surface area contributed by atoms with Gasteiger partial charge in [0.05, 0.1) is 30.4 Å². The lowest BCUT2D eigenvalue weighted by Crippen LogP contribution is -2.47. The third kappa shape index (κ3) is 5.74. The fourth-order valence-electron chi connectivity index (χ4n) is 5.43. The molecule has 2 aliphatic rings. The summed E-state index contributed by atoms with van der Waals surface area (Å²) in [7, 11) is 3.16. The van der Waals surface area contributed by atoms with E-state index in [-0.39, 0.29) is 17.3 Å². The molecule has 0 bridgehead atoms. The average molecular weight is 632 g/mol. The number of amides is 1. The van der Waals surface area contributed by atoms with Crippen molar-refractivity contribution in [3.05, 3.63) is 99.1 Å². The Balaban J connectivity index is 1.27. The van der Waals surface area contributed by atoms with E-state index >= 15 is 0 Å². The minimum Gasteiger partial charge on any atom is -0.493 e. The zero-order valence-corrected chi connectivity index (χ0v) is 25.9. The largest absolute Gasteiger partial charge is 0.493 e. The van der Waals surface area contributed by atoms with E-state index in [1.807, 2.05) is 40.1 Å². The van der Waals surface area contributed by atoms with Crippen molar-refractivity contribution >= 4 is 57.4 Å². The number of para-hydroxylation sites is 1. The summed E-state index contributed by atoms with van der Waals surface area (Å²) < 4.78 is 27.1. The van der Waals surface area contributed by atoms with Gasteiger partial charge in [0.2, 0.25) is 0 Å². The Morgan fingerprint density at radius 1 is 0.955 bits per heavy atom. The van der Waals surface area contributed by atoms with Gasteiger partial charge in [-0.15, -0.1) is 0 Å². The van der Waals surface area contributed by atoms with Gasteiger partial charge < -0.3 is 19.3 Å². The molecule has 4 heterocycles. The number of aromatic nitrogens is 2. The highest BCUT2D eigenvalue weighted by atomic mass is 32.2. The molecule has 0 radical (unpaired) electrons. The van der Waals surface area contributed by atoms with Gasteiger partial charge in [0, 0.05) is 38.9 Å². The van der Waals surface area contributed by atoms with Gasteiger partial charge in [-0.1, -0.05) is 48.2 Å². The Labute approximate surface area is 263 Å². The van der Waals surface area contributed by atoms with E-state index in [1.54, 1.807) is 55.7 Å². The first kappa shape index (κ1) is 29.6. The van der Waals surface area contributed by atoms with Crippen LogP contribution in [0.3, 0.4) is 0 Å². The van der Waals surface area contributed by atoms with E-state index in [0.717, 1.165) is 5.56 Å². The molecule has 2 saturated heterocycles. The van der Waals surface area contributed by atoms with Gasteiger partial charge in [0.1, 0.15) is 21.6 Å². The maximum absolute atomic E-state index is 14.5. The van der Waals surface area contributed by atoms with Gasteiger partial charge in [-0.2, -0.15) is 0 Å². The molecule has 9 nitrogen and oxygen atoms in total. The van der Waals surface area contributed by atoms with Gasteiger partial charge in [0.15, 0.2) is 11.5 Å². The third-order valence-corrected chi connectivity index (χ3v) is 9.12. The molecule has 0 spiro atoms. The second kappa shape index (κ2) is 12.7. The summed E-state index contributed by atoms with van der Waals surface area (Å²) in [5, 5.41) is 0. The first-order valence-corrected chi connectivity index (χ1v) is 15.3. The van der Waals surface area contributed by atoms with Crippen LogP contribution in [0.4, 0.5) is 15.9 Å². The van der Waals surface area contributed by atoms with E-state index in [9.17, 15) is 14.0 Å². The number of benzene rings is 2. The Bertz CT molecular complexity index is 1840. The number of piperazine rings is 1. The Morgan fingerprint density at radius 3 is 2.43 bits per heavy atom. The van der Waals surface area contributed by atoms with Gasteiger partial charge in [0.25, 0.3) is 11.5 Å². The van der Waals surface area contributed by atoms with Crippen LogP contribution >= 0.6 is 24.0 Å². The lowest BCUT2D eigenvalue weighted by Gasteiger charge is -2.37. The van der Waals surface area contributed by atoms with E-state index in [2.05, 4.69) is 0 Å². The molecule has 0 saturated carbocycles. The number of rotatable bonds is 8. The summed E-state index contributed by atoms with van der Waals surface area (Å²) in [5.74, 6) is 1.21. The maximum Gasteiger partial charge on any atom is 0.267 e. The number of anilines is 2. The molecule has 226 valence electrons. The number of carbonyl (C=O) groups excluding carboxylic acids is 1. The fraction of sp³-hybridized carbons (Fsp3) is 0.250. The van der Waals surface area contributed by atoms with Crippen LogP contribution in [0.25, 0.3) is 11.7 Å². The highest BCUT2D eigenvalue weighted by Crippen LogP contribution is 2.34. The summed E-state index contributed by atoms with van der Waals surface area (Å²) in [6, 6.07) is 17.7. The molecule has 0 N–H and O–H groups in total. The summed E-state index contributed by atoms with van der Waals surface area (Å²) in [4.78, 5) is 38.2. The number of carbonyl (C=O) groups is 1. The molecule has 6 rings (SSSR count). The highest BCUT2D eigenvalue weighted by Gasteiger charge is 2.33. The van der Waals surface area contributed by atoms with Gasteiger partial charge in [-0.05, 0) is 54.5 Å². The van der Waals surface area contributed by atoms with E-state index in [0.29, 0.717) is 82.6 Å². The number of thiocarbonyl (C=S) groups is 1. The number of thioether (sulfide) groups is 1. The van der Waals surface area contributed by atoms with Gasteiger partial charge in [-0.3, -0.25) is 18.9 Å². The minimum atomic E-state index is -0.280. The molecule has 1 amide bonds. The zero-order valence-electron chi connectivity index (χ0n) is 24.2. The molecule has 12 heteroatoms. The lowest BCUT2D eigenvalue weighted by atomic mass is 10.1. The normalized spacial score (nSPS) is 16.3. The molecule has 0 atom stereocenters. The summed E-state index contributed by atoms with van der Waals surface area (Å²) >= 11 is 6.76. The second-order valence-electron chi connectivity index (χ2n) is 10.3. The number of nitrogens with zero attached hydrogens (tertiary/aromatic N) is 5. The molecule has 2 fully saturated rings. The number of fused-ring (bicyclic) bond motifs is 1. The molecule has 2 aromatic heterocycles. The van der Waals surface area contributed by atoms with Crippen molar-refractivity contribution in [3.8, 4) is 11.5 Å². The molecular weight excluding hydrogens is 602 g/mol. The highest BCUT2D eigenvalue weighted by molar-refractivity contribution is 8.26. The van der Waals surface area contributed by atoms with Crippen molar-refractivity contribution in [2.75, 3.05) is 56.7 Å². The second-order valence-corrected chi connectivity index (χ2v) is 12.0. The van der Waals surface area contributed by atoms with Gasteiger partial charge in [-0.25, -0.2) is 9.37 Å². The number of hydrogen-bond donors (Lipinski definition) is 0. The van der Waals surface area contributed by atoms with Crippen molar-refractivity contribution in [3.63, 3.8) is 0 Å². The quantitative estimate of drug-likeness (QED) is 0.205. The van der Waals surface area contributed by atoms with Crippen molar-refractivity contribution < 1.29 is 18.7 Å². The topological polar surface area (TPSA) is 79.6 Å². The number of methoxy groups -OCH3 is 2. The summed E-state index contributed by atoms with van der Waals surface area (Å²) in [6.45, 7) is 2.52. The zero-order chi connectivity index (χ0) is 30.8. The van der Waals surface area contributed by atoms with Gasteiger partial charge >= 0.3 is 0 Å². The Hall–Kier alpha value is -4.42. The van der Waals surface area contributed by atoms with Crippen LogP contribution in [0.15, 0.2) is 76.6 Å². The molecule has 44 heavy (non-hydrogen) atoms. The van der Waals surface area contributed by atoms with Crippen LogP contribution in [-0.4, -0.2) is 71.5 Å². The lowest BCUT2D eigenvalue weighted by molar-refractivity contribution is -0.122. The van der Waals surface area contributed by atoms with E-state index in [1.165, 1.54) is 22.2 Å². The van der Waals surface area contributed by atoms with Crippen molar-refractivity contribution in [1.82, 2.24) is 14.3 Å². The first-order chi connectivity index (χ1) is 21.4. The third-order valence-electron chi connectivity index (χ3n) is 7.74. The predicted molar refractivity (Wildman–Crippen MR) is 175 cm³/mol. The molecule has 2 aromatic carbocycles. The minimum absolute atomic E-state index is 0.256. The van der Waals surface area contributed by atoms with Crippen LogP contribution in [0.1, 0.15) is 11.1 Å². The SMILES string of the molecule is COc1ccc(CCN2C(=O)/C(=C\c3c(N4CCN(c5ccccc5F)CC4)nc4ccccn4c3=O)SC2=S)cc1OC. The smallest absolute Gasteiger partial charge is 0.267 e. The summed E-state index contributed by atoms with van der Waals surface area (Å²) in [5.41, 5.74) is 2.06. The number of ether oxygens (including phenoxy) is 2. The molecule has 0 aliphatic carbocycles. The maximum atomic E-state index is 14.5. The van der Waals surface area contributed by atoms with Crippen LogP contribution in [0.2, 0.25) is 0 Å². The number of pyridine rings is 1. The van der Waals surface area contributed by atoms with E-state index in [4.69, 9.17) is 26.7 Å². The monoisotopic (exact) mass is 631 g/mol. The number of hydrogen-bond acceptors (Lipinski definition) is 9. The van der Waals surface area contributed by atoms with Crippen LogP contribution in [0, 0.1) is 5.82 Å². The first-order valence-electron chi connectivity index (χ1n) is 14.1. The Kier molecular flexibility index (Phi) is 8.53. The van der Waals surface area contributed by atoms with Crippen molar-refractivity contribution in [1.29, 1.82) is 0 Å². The molecule has 2 aliphatic heterocycles. The number of halogens is 1. The van der Waals surface area contributed by atoms with Crippen LogP contribution < -0.4 is 24.8 Å². The molecule has 4 aromatic rings. The standard InChI is InChI=1S/C32H30FN5O4S2/c1-41-25-11-10-21(19-26(25)42-2)12-14-38-31(40)27(44-32(38)43)20-22-29(34-28-9-5-6-13-37(28)30(22)39)36-17-15-35(16-18-36)24-8-4-3-7-23(24)33/h3-11,13,19-20H,12,14-18H2,1-2H3/b27-20+. The fourth-order valence-corrected chi connectivity index (χ4v) is 6.72. The van der Waals surface area contributed by atoms with E-state index < -0.39 is 0 Å². The van der Waals surface area contributed by atoms with Crippen molar-refractivity contribution in [2.45, 2.75) is 6.42 Å². The van der Waals surface area contributed by atoms with Crippen LogP contribution in [0.5, 0.6) is 11.5 Å². The van der Waals surface area contributed by atoms with Crippen LogP contribution in [-0.2, 0) is 11.2 Å². The average Bonchev–Trinajstić information content (AvgIpc) is 3.32. The van der Waals surface area contributed by atoms with Crippen molar-refractivity contribution in [2.24, 2.45) is 0 Å². The summed E-state index contributed by atoms with van der Waals surface area (Å²) in [6.07, 6.45) is 3.83. The molecular formula is C32H30FN5O4S2. The molecule has 0 unspecified atom stereocenters. The predicted octanol–water partition coefficient (Wildman–Crippen LogP) is 4.62.